The molecule has 3 amide bonds. The van der Waals surface area contributed by atoms with E-state index < -0.39 is 6.04 Å². The normalized spacial score (nSPS) is 21.6. The van der Waals surface area contributed by atoms with Crippen molar-refractivity contribution in [3.05, 3.63) is 47.2 Å². The molecule has 0 bridgehead atoms. The van der Waals surface area contributed by atoms with Crippen LogP contribution in [-0.4, -0.2) is 51.5 Å². The zero-order valence-electron chi connectivity index (χ0n) is 18.0. The van der Waals surface area contributed by atoms with Gasteiger partial charge >= 0.3 is 0 Å². The average Bonchev–Trinajstić information content (AvgIpc) is 3.37. The number of nitrogens with one attached hydrogen (secondary N) is 3. The maximum absolute atomic E-state index is 13.0. The molecule has 2 fully saturated rings. The van der Waals surface area contributed by atoms with E-state index in [9.17, 15) is 14.4 Å². The minimum Gasteiger partial charge on any atom is -0.366 e. The number of piperidine rings is 2. The minimum atomic E-state index is -0.597. The van der Waals surface area contributed by atoms with Gasteiger partial charge in [0.15, 0.2) is 0 Å². The summed E-state index contributed by atoms with van der Waals surface area (Å²) in [7, 11) is 0. The highest BCUT2D eigenvalue weighted by Crippen LogP contribution is 2.30. The molecular weight excluding hydrogens is 408 g/mol. The lowest BCUT2D eigenvalue weighted by molar-refractivity contribution is -0.136. The molecule has 1 aromatic carbocycles. The van der Waals surface area contributed by atoms with Gasteiger partial charge in [-0.1, -0.05) is 12.1 Å². The lowest BCUT2D eigenvalue weighted by Crippen LogP contribution is -2.52. The first-order valence-electron chi connectivity index (χ1n) is 11.3. The summed E-state index contributed by atoms with van der Waals surface area (Å²) in [4.78, 5) is 38.4. The molecule has 5 rings (SSSR count). The van der Waals surface area contributed by atoms with Gasteiger partial charge in [-0.05, 0) is 55.5 Å². The highest BCUT2D eigenvalue weighted by atomic mass is 16.2. The smallest absolute Gasteiger partial charge is 0.255 e. The summed E-state index contributed by atoms with van der Waals surface area (Å²) in [6, 6.07) is 7.09. The van der Waals surface area contributed by atoms with Gasteiger partial charge in [0.1, 0.15) is 11.9 Å². The second kappa shape index (κ2) is 8.74. The van der Waals surface area contributed by atoms with Crippen LogP contribution in [0.4, 0.5) is 5.82 Å². The molecule has 9 heteroatoms. The number of amides is 3. The van der Waals surface area contributed by atoms with Crippen LogP contribution in [0.1, 0.15) is 47.2 Å². The number of hydrogen-bond donors (Lipinski definition) is 3. The minimum absolute atomic E-state index is 0.146. The number of rotatable bonds is 6. The molecule has 2 aromatic rings. The fourth-order valence-electron chi connectivity index (χ4n) is 4.94. The first-order valence-corrected chi connectivity index (χ1v) is 11.3. The molecule has 9 nitrogen and oxygen atoms in total. The number of aromatic nitrogens is 2. The molecular formula is C23H28N6O3. The zero-order chi connectivity index (χ0) is 22.1. The number of fused-ring (bicyclic) bond motifs is 1. The molecule has 0 radical (unpaired) electrons. The molecule has 3 N–H and O–H groups in total. The Balaban J connectivity index is 1.28. The molecule has 32 heavy (non-hydrogen) atoms. The summed E-state index contributed by atoms with van der Waals surface area (Å²) >= 11 is 0. The Morgan fingerprint density at radius 3 is 2.75 bits per heavy atom. The fraction of sp³-hybridized carbons (Fsp3) is 0.478. The van der Waals surface area contributed by atoms with Gasteiger partial charge in [-0.3, -0.25) is 19.7 Å². The highest BCUT2D eigenvalue weighted by Gasteiger charge is 2.39. The van der Waals surface area contributed by atoms with E-state index in [2.05, 4.69) is 21.0 Å². The van der Waals surface area contributed by atoms with Crippen LogP contribution in [0, 0.1) is 5.92 Å². The molecule has 168 valence electrons. The third-order valence-electron chi connectivity index (χ3n) is 6.75. The van der Waals surface area contributed by atoms with Crippen LogP contribution in [0.3, 0.4) is 0 Å². The third kappa shape index (κ3) is 4.00. The molecule has 0 aliphatic carbocycles. The molecule has 3 aliphatic rings. The van der Waals surface area contributed by atoms with Crippen molar-refractivity contribution in [1.82, 2.24) is 25.3 Å². The molecule has 2 saturated heterocycles. The van der Waals surface area contributed by atoms with Crippen LogP contribution in [0.15, 0.2) is 30.5 Å². The Morgan fingerprint density at radius 2 is 1.94 bits per heavy atom. The lowest BCUT2D eigenvalue weighted by atomic mass is 9.98. The summed E-state index contributed by atoms with van der Waals surface area (Å²) in [5.74, 6) is 0.780. The number of anilines is 1. The quantitative estimate of drug-likeness (QED) is 0.589. The monoisotopic (exact) mass is 436 g/mol. The molecule has 1 atom stereocenters. The van der Waals surface area contributed by atoms with E-state index in [0.29, 0.717) is 31.0 Å². The maximum atomic E-state index is 13.0. The maximum Gasteiger partial charge on any atom is 0.255 e. The van der Waals surface area contributed by atoms with Gasteiger partial charge in [0, 0.05) is 37.7 Å². The second-order valence-corrected chi connectivity index (χ2v) is 8.79. The lowest BCUT2D eigenvalue weighted by Gasteiger charge is -2.29. The molecule has 3 aliphatic heterocycles. The number of imide groups is 1. The SMILES string of the molecule is O=C1CCC(N2Cc3c(CNc4ccnn4CC4CCNCC4)cccc3C2=O)C(=O)N1. The van der Waals surface area contributed by atoms with E-state index in [1.807, 2.05) is 35.1 Å². The van der Waals surface area contributed by atoms with E-state index >= 15 is 0 Å². The largest absolute Gasteiger partial charge is 0.366 e. The predicted molar refractivity (Wildman–Crippen MR) is 118 cm³/mol. The van der Waals surface area contributed by atoms with Gasteiger partial charge in [0.25, 0.3) is 5.91 Å². The van der Waals surface area contributed by atoms with Gasteiger partial charge < -0.3 is 15.5 Å². The van der Waals surface area contributed by atoms with E-state index in [1.165, 1.54) is 0 Å². The number of hydrogen-bond acceptors (Lipinski definition) is 6. The van der Waals surface area contributed by atoms with Gasteiger partial charge in [0.05, 0.1) is 6.20 Å². The second-order valence-electron chi connectivity index (χ2n) is 8.79. The van der Waals surface area contributed by atoms with E-state index in [-0.39, 0.29) is 24.1 Å². The zero-order valence-corrected chi connectivity index (χ0v) is 18.0. The summed E-state index contributed by atoms with van der Waals surface area (Å²) in [6.07, 6.45) is 4.75. The number of carbonyl (C=O) groups is 3. The summed E-state index contributed by atoms with van der Waals surface area (Å²) in [5, 5.41) is 13.7. The molecule has 0 saturated carbocycles. The van der Waals surface area contributed by atoms with Crippen LogP contribution >= 0.6 is 0 Å². The topological polar surface area (TPSA) is 108 Å². The molecule has 0 spiro atoms. The van der Waals surface area contributed by atoms with Crippen molar-refractivity contribution in [3.8, 4) is 0 Å². The van der Waals surface area contributed by atoms with Gasteiger partial charge in [-0.2, -0.15) is 5.10 Å². The van der Waals surface area contributed by atoms with Gasteiger partial charge in [-0.25, -0.2) is 4.68 Å². The van der Waals surface area contributed by atoms with Crippen molar-refractivity contribution in [3.63, 3.8) is 0 Å². The summed E-state index contributed by atoms with van der Waals surface area (Å²) < 4.78 is 2.03. The van der Waals surface area contributed by atoms with E-state index in [0.717, 1.165) is 49.4 Å². The van der Waals surface area contributed by atoms with Crippen LogP contribution in [0.25, 0.3) is 0 Å². The van der Waals surface area contributed by atoms with Crippen LogP contribution in [0.2, 0.25) is 0 Å². The number of nitrogens with zero attached hydrogens (tertiary/aromatic N) is 3. The fourth-order valence-corrected chi connectivity index (χ4v) is 4.94. The Kier molecular flexibility index (Phi) is 5.65. The highest BCUT2D eigenvalue weighted by molar-refractivity contribution is 6.05. The Labute approximate surface area is 186 Å². The molecule has 1 unspecified atom stereocenters. The van der Waals surface area contributed by atoms with Crippen molar-refractivity contribution in [1.29, 1.82) is 0 Å². The summed E-state index contributed by atoms with van der Waals surface area (Å²) in [5.41, 5.74) is 2.61. The van der Waals surface area contributed by atoms with Crippen molar-refractivity contribution in [2.45, 2.75) is 51.4 Å². The van der Waals surface area contributed by atoms with Crippen molar-refractivity contribution in [2.75, 3.05) is 18.4 Å². The van der Waals surface area contributed by atoms with Gasteiger partial charge in [-0.15, -0.1) is 0 Å². The van der Waals surface area contributed by atoms with Crippen LogP contribution in [0.5, 0.6) is 0 Å². The Hall–Kier alpha value is -3.20. The first kappa shape index (κ1) is 20.7. The Morgan fingerprint density at radius 1 is 1.09 bits per heavy atom. The average molecular weight is 437 g/mol. The first-order chi connectivity index (χ1) is 15.6. The van der Waals surface area contributed by atoms with Crippen LogP contribution < -0.4 is 16.0 Å². The molecule has 1 aromatic heterocycles. The standard InChI is InChI=1S/C23H28N6O3/c30-21-5-4-19(22(31)27-21)28-14-18-16(2-1-3-17(18)23(28)32)12-25-20-8-11-26-29(20)13-15-6-9-24-10-7-15/h1-3,8,11,15,19,24-25H,4-7,9-10,12-14H2,(H,27,30,31). The van der Waals surface area contributed by atoms with Crippen molar-refractivity contribution in [2.24, 2.45) is 5.92 Å². The van der Waals surface area contributed by atoms with Crippen molar-refractivity contribution >= 4 is 23.5 Å². The third-order valence-corrected chi connectivity index (χ3v) is 6.75. The summed E-state index contributed by atoms with van der Waals surface area (Å²) in [6.45, 7) is 3.96. The number of carbonyl (C=O) groups excluding carboxylic acids is 3. The van der Waals surface area contributed by atoms with Crippen LogP contribution in [-0.2, 0) is 29.2 Å². The Bertz CT molecular complexity index is 1040. The van der Waals surface area contributed by atoms with Gasteiger partial charge in [0.2, 0.25) is 11.8 Å². The van der Waals surface area contributed by atoms with E-state index in [1.54, 1.807) is 4.90 Å². The number of benzene rings is 1. The van der Waals surface area contributed by atoms with Crippen molar-refractivity contribution < 1.29 is 14.4 Å². The van der Waals surface area contributed by atoms with E-state index in [4.69, 9.17) is 0 Å². The predicted octanol–water partition coefficient (Wildman–Crippen LogP) is 1.26. The molecule has 4 heterocycles.